The second-order valence-electron chi connectivity index (χ2n) is 5.79. The van der Waals surface area contributed by atoms with Crippen LogP contribution >= 0.6 is 0 Å². The second kappa shape index (κ2) is 7.45. The number of fused-ring (bicyclic) bond motifs is 1. The van der Waals surface area contributed by atoms with Gasteiger partial charge in [0.25, 0.3) is 0 Å². The van der Waals surface area contributed by atoms with Crippen LogP contribution in [0.2, 0.25) is 0 Å². The van der Waals surface area contributed by atoms with Gasteiger partial charge in [0.15, 0.2) is 0 Å². The number of nitrogens with one attached hydrogen (secondary N) is 2. The van der Waals surface area contributed by atoms with Crippen LogP contribution in [0.1, 0.15) is 15.9 Å². The fraction of sp³-hybridized carbons (Fsp3) is 0.167. The largest absolute Gasteiger partial charge is 0.465 e. The molecule has 27 heavy (non-hydrogen) atoms. The lowest BCUT2D eigenvalue weighted by atomic mass is 10.1. The second-order valence-corrected chi connectivity index (χ2v) is 7.52. The third-order valence-electron chi connectivity index (χ3n) is 4.06. The number of ether oxygens (including phenoxy) is 1. The van der Waals surface area contributed by atoms with Crippen LogP contribution < -0.4 is 4.72 Å². The van der Waals surface area contributed by atoms with E-state index in [4.69, 9.17) is 0 Å². The molecule has 0 saturated heterocycles. The summed E-state index contributed by atoms with van der Waals surface area (Å²) in [5.74, 6) is -2.15. The van der Waals surface area contributed by atoms with E-state index in [0.29, 0.717) is 5.39 Å². The van der Waals surface area contributed by atoms with Crippen LogP contribution in [-0.4, -0.2) is 33.0 Å². The first kappa shape index (κ1) is 19.0. The minimum absolute atomic E-state index is 0.0340. The number of sulfonamides is 1. The number of methoxy groups -OCH3 is 1. The Hall–Kier alpha value is -2.78. The first-order valence-electron chi connectivity index (χ1n) is 7.95. The summed E-state index contributed by atoms with van der Waals surface area (Å²) in [5.41, 5.74) is 1.37. The van der Waals surface area contributed by atoms with Gasteiger partial charge in [0, 0.05) is 23.6 Å². The summed E-state index contributed by atoms with van der Waals surface area (Å²) in [5, 5.41) is 0.646. The third kappa shape index (κ3) is 3.99. The Bertz CT molecular complexity index is 1110. The number of aromatic nitrogens is 1. The number of halogens is 2. The molecule has 1 aromatic heterocycles. The van der Waals surface area contributed by atoms with Crippen molar-refractivity contribution in [2.75, 3.05) is 13.7 Å². The molecule has 2 aromatic carbocycles. The van der Waals surface area contributed by atoms with E-state index in [1.807, 2.05) is 0 Å². The molecular formula is C18H16F2N2O4S. The molecule has 1 heterocycles. The van der Waals surface area contributed by atoms with Crippen molar-refractivity contribution >= 4 is 26.9 Å². The molecule has 0 bridgehead atoms. The van der Waals surface area contributed by atoms with Crippen molar-refractivity contribution in [1.82, 2.24) is 9.71 Å². The van der Waals surface area contributed by atoms with Gasteiger partial charge in [0.05, 0.1) is 12.7 Å². The summed E-state index contributed by atoms with van der Waals surface area (Å²) in [4.78, 5) is 13.9. The summed E-state index contributed by atoms with van der Waals surface area (Å²) >= 11 is 0. The molecule has 3 aromatic rings. The van der Waals surface area contributed by atoms with Crippen molar-refractivity contribution in [2.24, 2.45) is 0 Å². The minimum atomic E-state index is -4.19. The van der Waals surface area contributed by atoms with Crippen molar-refractivity contribution in [3.63, 3.8) is 0 Å². The third-order valence-corrected chi connectivity index (χ3v) is 5.53. The molecule has 2 N–H and O–H groups in total. The first-order valence-corrected chi connectivity index (χ1v) is 9.43. The lowest BCUT2D eigenvalue weighted by molar-refractivity contribution is 0.0600. The number of aromatic amines is 1. The van der Waals surface area contributed by atoms with Crippen LogP contribution in [0.5, 0.6) is 0 Å². The number of benzene rings is 2. The van der Waals surface area contributed by atoms with E-state index < -0.39 is 32.5 Å². The van der Waals surface area contributed by atoms with E-state index in [1.165, 1.54) is 12.1 Å². The van der Waals surface area contributed by atoms with E-state index >= 15 is 0 Å². The van der Waals surface area contributed by atoms with Crippen molar-refractivity contribution in [3.8, 4) is 0 Å². The summed E-state index contributed by atoms with van der Waals surface area (Å²) < 4.78 is 59.0. The molecule has 0 atom stereocenters. The molecule has 0 aliphatic carbocycles. The summed E-state index contributed by atoms with van der Waals surface area (Å²) in [6, 6.07) is 7.22. The topological polar surface area (TPSA) is 88.3 Å². The van der Waals surface area contributed by atoms with Crippen LogP contribution in [0.4, 0.5) is 8.78 Å². The summed E-state index contributed by atoms with van der Waals surface area (Å²) in [7, 11) is -3.05. The predicted octanol–water partition coefficient (Wildman–Crippen LogP) is 2.75. The summed E-state index contributed by atoms with van der Waals surface area (Å²) in [6.07, 6.45) is 1.93. The molecule has 9 heteroatoms. The van der Waals surface area contributed by atoms with E-state index in [2.05, 4.69) is 14.4 Å². The molecule has 0 radical (unpaired) electrons. The summed E-state index contributed by atoms with van der Waals surface area (Å²) in [6.45, 7) is -0.0340. The SMILES string of the molecule is COC(=O)c1ccc(F)c(S(=O)(=O)NCCc2c[nH]c3ccc(F)cc23)c1. The zero-order valence-corrected chi connectivity index (χ0v) is 15.1. The van der Waals surface area contributed by atoms with Gasteiger partial charge in [0.2, 0.25) is 10.0 Å². The Morgan fingerprint density at radius 3 is 2.70 bits per heavy atom. The fourth-order valence-electron chi connectivity index (χ4n) is 2.71. The van der Waals surface area contributed by atoms with Gasteiger partial charge in [-0.2, -0.15) is 0 Å². The monoisotopic (exact) mass is 394 g/mol. The van der Waals surface area contributed by atoms with E-state index in [0.717, 1.165) is 36.4 Å². The zero-order chi connectivity index (χ0) is 19.6. The number of H-pyrrole nitrogens is 1. The van der Waals surface area contributed by atoms with Crippen LogP contribution in [0.3, 0.4) is 0 Å². The number of carbonyl (C=O) groups is 1. The highest BCUT2D eigenvalue weighted by Gasteiger charge is 2.21. The van der Waals surface area contributed by atoms with Crippen LogP contribution in [-0.2, 0) is 21.2 Å². The average Bonchev–Trinajstić information content (AvgIpc) is 3.03. The Morgan fingerprint density at radius 2 is 1.96 bits per heavy atom. The highest BCUT2D eigenvalue weighted by atomic mass is 32.2. The Labute approximate surface area is 154 Å². The van der Waals surface area contributed by atoms with Gasteiger partial charge in [-0.3, -0.25) is 0 Å². The maximum atomic E-state index is 14.0. The lowest BCUT2D eigenvalue weighted by Gasteiger charge is -2.09. The number of carbonyl (C=O) groups excluding carboxylic acids is 1. The Morgan fingerprint density at radius 1 is 1.19 bits per heavy atom. The van der Waals surface area contributed by atoms with Gasteiger partial charge in [-0.05, 0) is 48.4 Å². The smallest absolute Gasteiger partial charge is 0.337 e. The quantitative estimate of drug-likeness (QED) is 0.630. The Kier molecular flexibility index (Phi) is 5.24. The molecule has 0 aliphatic rings. The van der Waals surface area contributed by atoms with Gasteiger partial charge in [0.1, 0.15) is 16.5 Å². The minimum Gasteiger partial charge on any atom is -0.465 e. The predicted molar refractivity (Wildman–Crippen MR) is 94.9 cm³/mol. The maximum Gasteiger partial charge on any atom is 0.337 e. The molecule has 0 unspecified atom stereocenters. The van der Waals surface area contributed by atoms with Gasteiger partial charge in [-0.25, -0.2) is 26.7 Å². The van der Waals surface area contributed by atoms with E-state index in [1.54, 1.807) is 12.3 Å². The van der Waals surface area contributed by atoms with Crippen molar-refractivity contribution in [3.05, 3.63) is 65.4 Å². The fourth-order valence-corrected chi connectivity index (χ4v) is 3.84. The van der Waals surface area contributed by atoms with Crippen molar-refractivity contribution in [2.45, 2.75) is 11.3 Å². The van der Waals surface area contributed by atoms with Crippen LogP contribution in [0.15, 0.2) is 47.5 Å². The molecule has 0 aliphatic heterocycles. The van der Waals surface area contributed by atoms with Gasteiger partial charge >= 0.3 is 5.97 Å². The number of rotatable bonds is 6. The lowest BCUT2D eigenvalue weighted by Crippen LogP contribution is -2.27. The normalized spacial score (nSPS) is 11.7. The van der Waals surface area contributed by atoms with E-state index in [9.17, 15) is 22.0 Å². The molecule has 6 nitrogen and oxygen atoms in total. The van der Waals surface area contributed by atoms with Gasteiger partial charge in [-0.15, -0.1) is 0 Å². The number of hydrogen-bond acceptors (Lipinski definition) is 4. The first-order chi connectivity index (χ1) is 12.8. The zero-order valence-electron chi connectivity index (χ0n) is 14.3. The molecule has 0 amide bonds. The number of esters is 1. The van der Waals surface area contributed by atoms with Crippen molar-refractivity contribution < 1.29 is 26.7 Å². The van der Waals surface area contributed by atoms with Gasteiger partial charge in [-0.1, -0.05) is 0 Å². The highest BCUT2D eigenvalue weighted by molar-refractivity contribution is 7.89. The maximum absolute atomic E-state index is 14.0. The average molecular weight is 394 g/mol. The molecule has 0 spiro atoms. The molecule has 0 saturated carbocycles. The van der Waals surface area contributed by atoms with Crippen LogP contribution in [0.25, 0.3) is 10.9 Å². The number of hydrogen-bond donors (Lipinski definition) is 2. The molecular weight excluding hydrogens is 378 g/mol. The Balaban J connectivity index is 1.77. The van der Waals surface area contributed by atoms with Gasteiger partial charge < -0.3 is 9.72 Å². The highest BCUT2D eigenvalue weighted by Crippen LogP contribution is 2.20. The molecule has 142 valence electrons. The van der Waals surface area contributed by atoms with Crippen molar-refractivity contribution in [1.29, 1.82) is 0 Å². The van der Waals surface area contributed by atoms with E-state index in [-0.39, 0.29) is 18.5 Å². The van der Waals surface area contributed by atoms with Crippen LogP contribution in [0, 0.1) is 11.6 Å². The molecule has 3 rings (SSSR count). The standard InChI is InChI=1S/C18H16F2N2O4S/c1-26-18(23)11-2-4-15(20)17(8-11)27(24,25)22-7-6-12-10-21-16-5-3-13(19)9-14(12)16/h2-5,8-10,21-22H,6-7H2,1H3. The molecule has 0 fully saturated rings.